The summed E-state index contributed by atoms with van der Waals surface area (Å²) in [5, 5.41) is 13.7. The number of hydrogen-bond donors (Lipinski definition) is 1. The van der Waals surface area contributed by atoms with Crippen molar-refractivity contribution in [2.75, 3.05) is 26.2 Å². The number of likely N-dealkylation sites (tertiary alicyclic amines) is 1. The first kappa shape index (κ1) is 22.9. The summed E-state index contributed by atoms with van der Waals surface area (Å²) < 4.78 is 4.89. The lowest BCUT2D eigenvalue weighted by atomic mass is 10.0. The lowest BCUT2D eigenvalue weighted by molar-refractivity contribution is -0.384. The van der Waals surface area contributed by atoms with Gasteiger partial charge in [0.2, 0.25) is 5.91 Å². The lowest BCUT2D eigenvalue weighted by Crippen LogP contribution is -2.46. The molecular formula is C21H24N4O7. The van der Waals surface area contributed by atoms with Crippen LogP contribution in [0.5, 0.6) is 0 Å². The van der Waals surface area contributed by atoms with Crippen molar-refractivity contribution < 1.29 is 28.8 Å². The molecule has 0 unspecified atom stereocenters. The minimum absolute atomic E-state index is 0.0108. The molecular weight excluding hydrogens is 420 g/mol. The number of non-ortho nitro benzene ring substituents is 1. The number of ether oxygens (including phenoxy) is 1. The Balaban J connectivity index is 1.44. The molecule has 3 rings (SSSR count). The average Bonchev–Trinajstić information content (AvgIpc) is 3.02. The van der Waals surface area contributed by atoms with Crippen molar-refractivity contribution in [1.29, 1.82) is 0 Å². The zero-order chi connectivity index (χ0) is 23.3. The van der Waals surface area contributed by atoms with Gasteiger partial charge in [-0.1, -0.05) is 12.7 Å². The number of alkyl carbamates (subject to hydrolysis) is 1. The molecule has 32 heavy (non-hydrogen) atoms. The molecule has 2 aliphatic heterocycles. The highest BCUT2D eigenvalue weighted by atomic mass is 16.6. The Morgan fingerprint density at radius 1 is 1.22 bits per heavy atom. The maximum atomic E-state index is 12.5. The number of nitrogens with one attached hydrogen (secondary N) is 1. The second-order valence-corrected chi connectivity index (χ2v) is 7.54. The van der Waals surface area contributed by atoms with Gasteiger partial charge in [-0.25, -0.2) is 4.79 Å². The summed E-state index contributed by atoms with van der Waals surface area (Å²) in [5.41, 5.74) is -0.112. The van der Waals surface area contributed by atoms with E-state index in [9.17, 15) is 29.3 Å². The number of benzene rings is 1. The summed E-state index contributed by atoms with van der Waals surface area (Å²) in [5.74, 6) is -1.19. The van der Waals surface area contributed by atoms with Crippen molar-refractivity contribution in [2.45, 2.75) is 31.7 Å². The molecule has 1 aromatic rings. The molecule has 2 heterocycles. The van der Waals surface area contributed by atoms with E-state index in [1.165, 1.54) is 18.2 Å². The number of carbonyl (C=O) groups is 4. The molecule has 0 radical (unpaired) electrons. The molecule has 1 fully saturated rings. The van der Waals surface area contributed by atoms with Gasteiger partial charge >= 0.3 is 6.09 Å². The summed E-state index contributed by atoms with van der Waals surface area (Å²) in [6.45, 7) is 4.64. The molecule has 170 valence electrons. The molecule has 2 aliphatic rings. The van der Waals surface area contributed by atoms with Crippen LogP contribution in [-0.4, -0.2) is 70.8 Å². The number of nitro benzene ring substituents is 1. The highest BCUT2D eigenvalue weighted by Gasteiger charge is 2.36. The number of nitro groups is 1. The average molecular weight is 444 g/mol. The van der Waals surface area contributed by atoms with E-state index >= 15 is 0 Å². The predicted molar refractivity (Wildman–Crippen MR) is 112 cm³/mol. The topological polar surface area (TPSA) is 139 Å². The number of piperidine rings is 1. The van der Waals surface area contributed by atoms with E-state index in [0.29, 0.717) is 32.4 Å². The lowest BCUT2D eigenvalue weighted by Gasteiger charge is -2.32. The van der Waals surface area contributed by atoms with Crippen molar-refractivity contribution in [3.05, 3.63) is 52.1 Å². The van der Waals surface area contributed by atoms with Gasteiger partial charge in [-0.15, -0.1) is 0 Å². The third-order valence-electron chi connectivity index (χ3n) is 5.44. The Morgan fingerprint density at radius 2 is 1.91 bits per heavy atom. The SMILES string of the molecule is C=CCOC(=O)NC1CCN(C(=O)CCCN2C(=O)c3ccc([N+](=O)[O-])cc3C2=O)CC1. The Labute approximate surface area is 184 Å². The van der Waals surface area contributed by atoms with Crippen LogP contribution in [0.4, 0.5) is 10.5 Å². The Hall–Kier alpha value is -3.76. The first-order valence-electron chi connectivity index (χ1n) is 10.3. The third-order valence-corrected chi connectivity index (χ3v) is 5.44. The molecule has 0 aliphatic carbocycles. The van der Waals surface area contributed by atoms with Crippen LogP contribution in [0.2, 0.25) is 0 Å². The summed E-state index contributed by atoms with van der Waals surface area (Å²) in [6.07, 6.45) is 2.62. The third kappa shape index (κ3) is 5.10. The van der Waals surface area contributed by atoms with Gasteiger partial charge in [-0.2, -0.15) is 0 Å². The highest BCUT2D eigenvalue weighted by molar-refractivity contribution is 6.21. The molecule has 4 amide bonds. The largest absolute Gasteiger partial charge is 0.445 e. The number of imide groups is 1. The Kier molecular flexibility index (Phi) is 7.18. The van der Waals surface area contributed by atoms with E-state index in [4.69, 9.17) is 4.74 Å². The van der Waals surface area contributed by atoms with E-state index in [1.807, 2.05) is 0 Å². The van der Waals surface area contributed by atoms with E-state index in [1.54, 1.807) is 4.90 Å². The van der Waals surface area contributed by atoms with Crippen LogP contribution in [0, 0.1) is 10.1 Å². The number of carbonyl (C=O) groups excluding carboxylic acids is 4. The minimum Gasteiger partial charge on any atom is -0.445 e. The number of amides is 4. The van der Waals surface area contributed by atoms with Crippen molar-refractivity contribution >= 4 is 29.5 Å². The van der Waals surface area contributed by atoms with Crippen LogP contribution in [0.25, 0.3) is 0 Å². The first-order valence-corrected chi connectivity index (χ1v) is 10.3. The highest BCUT2D eigenvalue weighted by Crippen LogP contribution is 2.27. The van der Waals surface area contributed by atoms with Gasteiger partial charge in [-0.3, -0.25) is 29.4 Å². The number of rotatable bonds is 8. The van der Waals surface area contributed by atoms with E-state index in [-0.39, 0.29) is 48.3 Å². The molecule has 1 aromatic carbocycles. The van der Waals surface area contributed by atoms with Crippen molar-refractivity contribution in [1.82, 2.24) is 15.1 Å². The standard InChI is InChI=1S/C21H24N4O7/c1-2-12-32-21(29)22-14-7-10-23(11-8-14)18(26)4-3-9-24-19(27)16-6-5-15(25(30)31)13-17(16)20(24)28/h2,5-6,13-14H,1,3-4,7-12H2,(H,22,29). The molecule has 0 saturated carbocycles. The molecule has 1 saturated heterocycles. The fraction of sp³-hybridized carbons (Fsp3) is 0.429. The summed E-state index contributed by atoms with van der Waals surface area (Å²) in [7, 11) is 0. The van der Waals surface area contributed by atoms with Crippen LogP contribution in [-0.2, 0) is 9.53 Å². The Morgan fingerprint density at radius 3 is 2.56 bits per heavy atom. The minimum atomic E-state index is -0.623. The molecule has 0 spiro atoms. The molecule has 11 heteroatoms. The van der Waals surface area contributed by atoms with E-state index in [2.05, 4.69) is 11.9 Å². The van der Waals surface area contributed by atoms with Crippen LogP contribution in [0.15, 0.2) is 30.9 Å². The quantitative estimate of drug-likeness (QED) is 0.279. The Bertz CT molecular complexity index is 953. The summed E-state index contributed by atoms with van der Waals surface area (Å²) in [4.78, 5) is 62.0. The number of nitrogens with zero attached hydrogens (tertiary/aromatic N) is 3. The maximum absolute atomic E-state index is 12.5. The first-order chi connectivity index (χ1) is 15.3. The van der Waals surface area contributed by atoms with Gasteiger partial charge in [0.1, 0.15) is 6.61 Å². The van der Waals surface area contributed by atoms with Gasteiger partial charge in [0, 0.05) is 44.2 Å². The van der Waals surface area contributed by atoms with Crippen LogP contribution in [0.3, 0.4) is 0 Å². The fourth-order valence-corrected chi connectivity index (χ4v) is 3.76. The molecule has 11 nitrogen and oxygen atoms in total. The molecule has 0 aromatic heterocycles. The number of hydrogen-bond acceptors (Lipinski definition) is 7. The summed E-state index contributed by atoms with van der Waals surface area (Å²) >= 11 is 0. The van der Waals surface area contributed by atoms with Gasteiger partial charge in [-0.05, 0) is 25.3 Å². The van der Waals surface area contributed by atoms with Crippen molar-refractivity contribution in [3.63, 3.8) is 0 Å². The maximum Gasteiger partial charge on any atom is 0.407 e. The summed E-state index contributed by atoms with van der Waals surface area (Å²) in [6, 6.07) is 3.50. The van der Waals surface area contributed by atoms with Crippen molar-refractivity contribution in [3.8, 4) is 0 Å². The number of fused-ring (bicyclic) bond motifs is 1. The van der Waals surface area contributed by atoms with Crippen LogP contribution in [0.1, 0.15) is 46.4 Å². The zero-order valence-electron chi connectivity index (χ0n) is 17.5. The van der Waals surface area contributed by atoms with Crippen LogP contribution < -0.4 is 5.32 Å². The van der Waals surface area contributed by atoms with E-state index < -0.39 is 22.8 Å². The van der Waals surface area contributed by atoms with Crippen LogP contribution >= 0.6 is 0 Å². The second-order valence-electron chi connectivity index (χ2n) is 7.54. The molecule has 0 atom stereocenters. The van der Waals surface area contributed by atoms with Gasteiger partial charge in [0.25, 0.3) is 17.5 Å². The van der Waals surface area contributed by atoms with E-state index in [0.717, 1.165) is 11.0 Å². The predicted octanol–water partition coefficient (Wildman–Crippen LogP) is 1.87. The smallest absolute Gasteiger partial charge is 0.407 e. The molecule has 0 bridgehead atoms. The second kappa shape index (κ2) is 10.0. The molecule has 1 N–H and O–H groups in total. The van der Waals surface area contributed by atoms with Crippen molar-refractivity contribution in [2.24, 2.45) is 0 Å². The zero-order valence-corrected chi connectivity index (χ0v) is 17.5. The van der Waals surface area contributed by atoms with Gasteiger partial charge in [0.15, 0.2) is 0 Å². The normalized spacial score (nSPS) is 16.0. The fourth-order valence-electron chi connectivity index (χ4n) is 3.76. The monoisotopic (exact) mass is 444 g/mol. The van der Waals surface area contributed by atoms with Gasteiger partial charge < -0.3 is 15.0 Å². The van der Waals surface area contributed by atoms with Gasteiger partial charge in [0.05, 0.1) is 16.1 Å².